The molecule has 1 N–H and O–H groups in total. The first-order valence-corrected chi connectivity index (χ1v) is 12.0. The van der Waals surface area contributed by atoms with E-state index in [0.29, 0.717) is 13.0 Å². The average molecular weight is 385 g/mol. The maximum atomic E-state index is 10.1. The number of aliphatic hydroxyl groups excluding tert-OH is 1. The minimum absolute atomic E-state index is 0.0614. The molecule has 162 valence electrons. The molecule has 1 aliphatic heterocycles. The van der Waals surface area contributed by atoms with E-state index in [1.54, 1.807) is 0 Å². The van der Waals surface area contributed by atoms with Crippen LogP contribution in [0.5, 0.6) is 0 Å². The molecule has 0 radical (unpaired) electrons. The van der Waals surface area contributed by atoms with Gasteiger partial charge in [0.2, 0.25) is 0 Å². The Labute approximate surface area is 169 Å². The summed E-state index contributed by atoms with van der Waals surface area (Å²) < 4.78 is 11.3. The van der Waals surface area contributed by atoms with E-state index in [4.69, 9.17) is 9.47 Å². The van der Waals surface area contributed by atoms with Crippen LogP contribution in [-0.2, 0) is 9.47 Å². The maximum Gasteiger partial charge on any atom is 0.163 e. The molecule has 3 heteroatoms. The highest BCUT2D eigenvalue weighted by Gasteiger charge is 2.33. The van der Waals surface area contributed by atoms with Crippen LogP contribution in [0.3, 0.4) is 0 Å². The van der Waals surface area contributed by atoms with Gasteiger partial charge in [0, 0.05) is 6.42 Å². The second-order valence-electron chi connectivity index (χ2n) is 9.08. The normalized spacial score (nSPS) is 20.2. The first-order chi connectivity index (χ1) is 13.0. The predicted molar refractivity (Wildman–Crippen MR) is 115 cm³/mol. The van der Waals surface area contributed by atoms with Crippen LogP contribution in [0.2, 0.25) is 0 Å². The lowest BCUT2D eigenvalue weighted by molar-refractivity contribution is -0.141. The molecule has 1 heterocycles. The summed E-state index contributed by atoms with van der Waals surface area (Å²) in [5.41, 5.74) is 0. The zero-order chi connectivity index (χ0) is 19.8. The van der Waals surface area contributed by atoms with E-state index in [9.17, 15) is 5.11 Å². The van der Waals surface area contributed by atoms with Crippen LogP contribution in [0, 0.1) is 0 Å². The van der Waals surface area contributed by atoms with Crippen molar-refractivity contribution in [1.29, 1.82) is 0 Å². The van der Waals surface area contributed by atoms with Gasteiger partial charge in [0.15, 0.2) is 5.79 Å². The molecule has 1 saturated heterocycles. The Morgan fingerprint density at radius 3 is 1.63 bits per heavy atom. The van der Waals surface area contributed by atoms with Crippen LogP contribution in [0.4, 0.5) is 0 Å². The second kappa shape index (κ2) is 15.8. The Hall–Kier alpha value is -0.120. The van der Waals surface area contributed by atoms with Crippen molar-refractivity contribution in [3.63, 3.8) is 0 Å². The lowest BCUT2D eigenvalue weighted by Gasteiger charge is -2.18. The summed E-state index contributed by atoms with van der Waals surface area (Å²) in [5, 5.41) is 10.1. The van der Waals surface area contributed by atoms with E-state index in [1.807, 2.05) is 13.8 Å². The molecule has 0 unspecified atom stereocenters. The number of aliphatic hydroxyl groups is 1. The maximum absolute atomic E-state index is 10.1. The van der Waals surface area contributed by atoms with Gasteiger partial charge in [-0.1, -0.05) is 103 Å². The fourth-order valence-corrected chi connectivity index (χ4v) is 4.05. The van der Waals surface area contributed by atoms with Crippen LogP contribution in [0.15, 0.2) is 0 Å². The largest absolute Gasteiger partial charge is 0.393 e. The molecule has 1 rings (SSSR count). The van der Waals surface area contributed by atoms with Gasteiger partial charge in [-0.15, -0.1) is 0 Å². The first kappa shape index (κ1) is 24.9. The van der Waals surface area contributed by atoms with Crippen LogP contribution in [-0.4, -0.2) is 29.7 Å². The van der Waals surface area contributed by atoms with Crippen molar-refractivity contribution in [1.82, 2.24) is 0 Å². The summed E-state index contributed by atoms with van der Waals surface area (Å²) in [7, 11) is 0. The summed E-state index contributed by atoms with van der Waals surface area (Å²) in [6.45, 7) is 6.78. The number of hydrogen-bond acceptors (Lipinski definition) is 3. The number of ether oxygens (including phenoxy) is 2. The lowest BCUT2D eigenvalue weighted by Crippen LogP contribution is -2.24. The summed E-state index contributed by atoms with van der Waals surface area (Å²) in [5.74, 6) is -0.473. The Bertz CT molecular complexity index is 330. The van der Waals surface area contributed by atoms with Gasteiger partial charge >= 0.3 is 0 Å². The highest BCUT2D eigenvalue weighted by Crippen LogP contribution is 2.25. The summed E-state index contributed by atoms with van der Waals surface area (Å²) >= 11 is 0. The fraction of sp³-hybridized carbons (Fsp3) is 1.00. The van der Waals surface area contributed by atoms with E-state index in [0.717, 1.165) is 12.8 Å². The molecule has 27 heavy (non-hydrogen) atoms. The fourth-order valence-electron chi connectivity index (χ4n) is 4.05. The minimum atomic E-state index is -0.473. The number of rotatable bonds is 18. The quantitative estimate of drug-likeness (QED) is 0.255. The number of unbranched alkanes of at least 4 members (excludes halogenated alkanes) is 14. The van der Waals surface area contributed by atoms with Gasteiger partial charge in [0.25, 0.3) is 0 Å². The highest BCUT2D eigenvalue weighted by atomic mass is 16.7. The van der Waals surface area contributed by atoms with E-state index in [1.165, 1.54) is 89.9 Å². The Morgan fingerprint density at radius 1 is 0.778 bits per heavy atom. The second-order valence-corrected chi connectivity index (χ2v) is 9.08. The molecular weight excluding hydrogens is 336 g/mol. The Morgan fingerprint density at radius 2 is 1.22 bits per heavy atom. The minimum Gasteiger partial charge on any atom is -0.393 e. The molecule has 0 amide bonds. The van der Waals surface area contributed by atoms with Crippen molar-refractivity contribution in [2.75, 3.05) is 6.61 Å². The molecule has 1 aliphatic rings. The topological polar surface area (TPSA) is 38.7 Å². The SMILES string of the molecule is CCCCCCCCCCCCCCCCC[C@H](O)C[C@@H]1COC(C)(C)O1. The van der Waals surface area contributed by atoms with Crippen LogP contribution >= 0.6 is 0 Å². The van der Waals surface area contributed by atoms with Crippen molar-refractivity contribution in [2.45, 2.75) is 148 Å². The van der Waals surface area contributed by atoms with Gasteiger partial charge in [-0.2, -0.15) is 0 Å². The van der Waals surface area contributed by atoms with E-state index in [2.05, 4.69) is 6.92 Å². The van der Waals surface area contributed by atoms with E-state index < -0.39 is 5.79 Å². The summed E-state index contributed by atoms with van der Waals surface area (Å²) in [6, 6.07) is 0. The van der Waals surface area contributed by atoms with Crippen molar-refractivity contribution in [3.05, 3.63) is 0 Å². The lowest BCUT2D eigenvalue weighted by atomic mass is 10.0. The van der Waals surface area contributed by atoms with Gasteiger partial charge in [0.05, 0.1) is 18.8 Å². The molecule has 0 saturated carbocycles. The predicted octanol–water partition coefficient (Wildman–Crippen LogP) is 7.15. The smallest absolute Gasteiger partial charge is 0.163 e. The highest BCUT2D eigenvalue weighted by molar-refractivity contribution is 4.74. The van der Waals surface area contributed by atoms with Gasteiger partial charge in [-0.3, -0.25) is 0 Å². The molecular formula is C24H48O3. The molecule has 0 aromatic heterocycles. The third kappa shape index (κ3) is 14.5. The van der Waals surface area contributed by atoms with Crippen LogP contribution in [0.25, 0.3) is 0 Å². The van der Waals surface area contributed by atoms with Crippen molar-refractivity contribution in [3.8, 4) is 0 Å². The van der Waals surface area contributed by atoms with Gasteiger partial charge < -0.3 is 14.6 Å². The van der Waals surface area contributed by atoms with Crippen molar-refractivity contribution < 1.29 is 14.6 Å². The van der Waals surface area contributed by atoms with Gasteiger partial charge in [-0.05, 0) is 20.3 Å². The third-order valence-electron chi connectivity index (χ3n) is 5.74. The first-order valence-electron chi connectivity index (χ1n) is 12.0. The average Bonchev–Trinajstić information content (AvgIpc) is 2.96. The van der Waals surface area contributed by atoms with Crippen LogP contribution in [0.1, 0.15) is 130 Å². The standard InChI is InChI=1S/C24H48O3/c1-4-5-6-7-8-9-10-11-12-13-14-15-16-17-18-19-22(25)20-23-21-26-24(2,3)27-23/h22-23,25H,4-21H2,1-3H3/t22-,23+/m0/s1. The Kier molecular flexibility index (Phi) is 14.5. The van der Waals surface area contributed by atoms with Crippen LogP contribution < -0.4 is 0 Å². The molecule has 0 aromatic carbocycles. The summed E-state index contributed by atoms with van der Waals surface area (Å²) in [6.07, 6.45) is 22.1. The molecule has 0 aliphatic carbocycles. The van der Waals surface area contributed by atoms with Crippen molar-refractivity contribution >= 4 is 0 Å². The molecule has 0 spiro atoms. The molecule has 2 atom stereocenters. The molecule has 1 fully saturated rings. The Balaban J connectivity index is 1.76. The van der Waals surface area contributed by atoms with Gasteiger partial charge in [0.1, 0.15) is 0 Å². The van der Waals surface area contributed by atoms with E-state index in [-0.39, 0.29) is 12.2 Å². The van der Waals surface area contributed by atoms with Gasteiger partial charge in [-0.25, -0.2) is 0 Å². The van der Waals surface area contributed by atoms with E-state index >= 15 is 0 Å². The number of hydrogen-bond donors (Lipinski definition) is 1. The summed E-state index contributed by atoms with van der Waals surface area (Å²) in [4.78, 5) is 0. The molecule has 0 aromatic rings. The zero-order valence-corrected chi connectivity index (χ0v) is 18.6. The molecule has 0 bridgehead atoms. The third-order valence-corrected chi connectivity index (χ3v) is 5.74. The zero-order valence-electron chi connectivity index (χ0n) is 18.6. The van der Waals surface area contributed by atoms with Crippen molar-refractivity contribution in [2.24, 2.45) is 0 Å². The molecule has 3 nitrogen and oxygen atoms in total. The monoisotopic (exact) mass is 384 g/mol.